The molecule has 1 aliphatic rings. The van der Waals surface area contributed by atoms with Crippen molar-refractivity contribution < 1.29 is 21.2 Å². The van der Waals surface area contributed by atoms with Crippen LogP contribution in [0, 0.1) is 12.7 Å². The third-order valence-corrected chi connectivity index (χ3v) is 8.76. The lowest BCUT2D eigenvalue weighted by Gasteiger charge is -2.30. The Morgan fingerprint density at radius 1 is 0.966 bits per heavy atom. The van der Waals surface area contributed by atoms with Gasteiger partial charge in [0.2, 0.25) is 10.0 Å². The number of hydrogen-bond donors (Lipinski definition) is 1. The molecule has 1 fully saturated rings. The molecule has 0 bridgehead atoms. The topological polar surface area (TPSA) is 83.5 Å². The van der Waals surface area contributed by atoms with Crippen LogP contribution in [0.15, 0.2) is 52.3 Å². The molecule has 0 heterocycles. The number of hydrogen-bond acceptors (Lipinski definition) is 4. The van der Waals surface area contributed by atoms with Crippen molar-refractivity contribution in [2.45, 2.75) is 54.9 Å². The lowest BCUT2D eigenvalue weighted by Crippen LogP contribution is -2.38. The standard InChI is InChI=1S/C20H25FN2O4S2/c1-15-14-16(21)8-13-20(15)28(24,25)22-17-9-11-19(12-10-17)29(26,27)23(2)18-6-4-3-5-7-18/h8-14,18,22H,3-7H2,1-2H3. The largest absolute Gasteiger partial charge is 0.280 e. The minimum absolute atomic E-state index is 0.00613. The van der Waals surface area contributed by atoms with Gasteiger partial charge in [0.15, 0.2) is 0 Å². The number of aryl methyl sites for hydroxylation is 1. The Morgan fingerprint density at radius 3 is 2.17 bits per heavy atom. The first-order chi connectivity index (χ1) is 13.6. The summed E-state index contributed by atoms with van der Waals surface area (Å²) in [7, 11) is -5.97. The van der Waals surface area contributed by atoms with E-state index >= 15 is 0 Å². The summed E-state index contributed by atoms with van der Waals surface area (Å²) >= 11 is 0. The number of halogens is 1. The maximum absolute atomic E-state index is 13.2. The molecular weight excluding hydrogens is 415 g/mol. The molecule has 0 atom stereocenters. The van der Waals surface area contributed by atoms with Crippen molar-refractivity contribution in [3.8, 4) is 0 Å². The molecule has 29 heavy (non-hydrogen) atoms. The second-order valence-electron chi connectivity index (χ2n) is 7.35. The van der Waals surface area contributed by atoms with E-state index in [0.717, 1.165) is 44.2 Å². The normalized spacial score (nSPS) is 16.1. The molecule has 3 rings (SSSR count). The van der Waals surface area contributed by atoms with Crippen LogP contribution in [0.4, 0.5) is 10.1 Å². The summed E-state index contributed by atoms with van der Waals surface area (Å²) in [6.07, 6.45) is 4.88. The van der Waals surface area contributed by atoms with E-state index in [1.807, 2.05) is 0 Å². The van der Waals surface area contributed by atoms with E-state index in [0.29, 0.717) is 0 Å². The Bertz CT molecular complexity index is 1080. The van der Waals surface area contributed by atoms with Gasteiger partial charge in [-0.25, -0.2) is 21.2 Å². The molecule has 0 unspecified atom stereocenters. The molecule has 0 spiro atoms. The monoisotopic (exact) mass is 440 g/mol. The van der Waals surface area contributed by atoms with Crippen LogP contribution < -0.4 is 4.72 Å². The van der Waals surface area contributed by atoms with Gasteiger partial charge in [0.25, 0.3) is 10.0 Å². The van der Waals surface area contributed by atoms with Crippen molar-refractivity contribution >= 4 is 25.7 Å². The molecule has 6 nitrogen and oxygen atoms in total. The SMILES string of the molecule is Cc1cc(F)ccc1S(=O)(=O)Nc1ccc(S(=O)(=O)N(C)C2CCCCC2)cc1. The van der Waals surface area contributed by atoms with E-state index in [-0.39, 0.29) is 27.1 Å². The zero-order valence-electron chi connectivity index (χ0n) is 16.4. The first-order valence-corrected chi connectivity index (χ1v) is 12.4. The number of rotatable bonds is 6. The summed E-state index contributed by atoms with van der Waals surface area (Å²) in [5.41, 5.74) is 0.513. The van der Waals surface area contributed by atoms with Gasteiger partial charge in [0.05, 0.1) is 9.79 Å². The van der Waals surface area contributed by atoms with E-state index in [4.69, 9.17) is 0 Å². The van der Waals surface area contributed by atoms with Gasteiger partial charge < -0.3 is 0 Å². The van der Waals surface area contributed by atoms with E-state index in [9.17, 15) is 21.2 Å². The van der Waals surface area contributed by atoms with Crippen molar-refractivity contribution in [3.05, 3.63) is 53.8 Å². The average Bonchev–Trinajstić information content (AvgIpc) is 2.68. The van der Waals surface area contributed by atoms with Gasteiger partial charge >= 0.3 is 0 Å². The number of nitrogens with one attached hydrogen (secondary N) is 1. The zero-order valence-corrected chi connectivity index (χ0v) is 18.1. The van der Waals surface area contributed by atoms with Crippen LogP contribution in [0.3, 0.4) is 0 Å². The Labute approximate surface area is 171 Å². The van der Waals surface area contributed by atoms with Crippen molar-refractivity contribution in [2.24, 2.45) is 0 Å². The maximum Gasteiger partial charge on any atom is 0.262 e. The number of nitrogens with zero attached hydrogens (tertiary/aromatic N) is 1. The molecule has 9 heteroatoms. The number of sulfonamides is 2. The van der Waals surface area contributed by atoms with Gasteiger partial charge in [-0.15, -0.1) is 0 Å². The van der Waals surface area contributed by atoms with Crippen LogP contribution in [0.1, 0.15) is 37.7 Å². The number of anilines is 1. The van der Waals surface area contributed by atoms with Crippen LogP contribution in [-0.4, -0.2) is 34.2 Å². The highest BCUT2D eigenvalue weighted by Gasteiger charge is 2.29. The second kappa shape index (κ2) is 8.41. The third kappa shape index (κ3) is 4.79. The quantitative estimate of drug-likeness (QED) is 0.739. The highest BCUT2D eigenvalue weighted by Crippen LogP contribution is 2.27. The van der Waals surface area contributed by atoms with Crippen LogP contribution in [-0.2, 0) is 20.0 Å². The number of benzene rings is 2. The molecule has 2 aromatic rings. The summed E-state index contributed by atoms with van der Waals surface area (Å²) < 4.78 is 68.0. The summed E-state index contributed by atoms with van der Waals surface area (Å²) in [6.45, 7) is 1.51. The van der Waals surface area contributed by atoms with E-state index in [1.165, 1.54) is 41.6 Å². The molecular formula is C20H25FN2O4S2. The van der Waals surface area contributed by atoms with E-state index in [1.54, 1.807) is 7.05 Å². The minimum Gasteiger partial charge on any atom is -0.280 e. The summed E-state index contributed by atoms with van der Waals surface area (Å²) in [5.74, 6) is -0.516. The highest BCUT2D eigenvalue weighted by molar-refractivity contribution is 7.92. The average molecular weight is 441 g/mol. The van der Waals surface area contributed by atoms with Crippen molar-refractivity contribution in [1.29, 1.82) is 0 Å². The van der Waals surface area contributed by atoms with Gasteiger partial charge in [0.1, 0.15) is 5.82 Å². The smallest absolute Gasteiger partial charge is 0.262 e. The van der Waals surface area contributed by atoms with Crippen molar-refractivity contribution in [3.63, 3.8) is 0 Å². The third-order valence-electron chi connectivity index (χ3n) is 5.30. The van der Waals surface area contributed by atoms with Gasteiger partial charge in [-0.3, -0.25) is 4.72 Å². The molecule has 158 valence electrons. The second-order valence-corrected chi connectivity index (χ2v) is 11.0. The molecule has 1 aliphatic carbocycles. The summed E-state index contributed by atoms with van der Waals surface area (Å²) in [5, 5.41) is 0. The minimum atomic E-state index is -3.92. The zero-order chi connectivity index (χ0) is 21.2. The lowest BCUT2D eigenvalue weighted by molar-refractivity contribution is 0.286. The molecule has 0 aliphatic heterocycles. The molecule has 2 aromatic carbocycles. The van der Waals surface area contributed by atoms with Crippen LogP contribution in [0.5, 0.6) is 0 Å². The Kier molecular flexibility index (Phi) is 6.30. The predicted molar refractivity (Wildman–Crippen MR) is 110 cm³/mol. The van der Waals surface area contributed by atoms with Gasteiger partial charge in [0, 0.05) is 18.8 Å². The Balaban J connectivity index is 1.79. The van der Waals surface area contributed by atoms with Crippen LogP contribution >= 0.6 is 0 Å². The molecule has 0 saturated heterocycles. The van der Waals surface area contributed by atoms with Crippen LogP contribution in [0.2, 0.25) is 0 Å². The molecule has 1 saturated carbocycles. The molecule has 0 aromatic heterocycles. The fourth-order valence-corrected chi connectivity index (χ4v) is 6.33. The Hall–Kier alpha value is -1.97. The van der Waals surface area contributed by atoms with Gasteiger partial charge in [-0.2, -0.15) is 4.31 Å². The first kappa shape index (κ1) is 21.7. The summed E-state index contributed by atoms with van der Waals surface area (Å²) in [4.78, 5) is 0.0825. The molecule has 0 radical (unpaired) electrons. The van der Waals surface area contributed by atoms with E-state index in [2.05, 4.69) is 4.72 Å². The van der Waals surface area contributed by atoms with Crippen molar-refractivity contribution in [1.82, 2.24) is 4.31 Å². The molecule has 0 amide bonds. The first-order valence-electron chi connectivity index (χ1n) is 9.48. The summed E-state index contributed by atoms with van der Waals surface area (Å²) in [6, 6.07) is 9.03. The lowest BCUT2D eigenvalue weighted by atomic mass is 9.96. The predicted octanol–water partition coefficient (Wildman–Crippen LogP) is 3.89. The van der Waals surface area contributed by atoms with Crippen molar-refractivity contribution in [2.75, 3.05) is 11.8 Å². The molecule has 1 N–H and O–H groups in total. The van der Waals surface area contributed by atoms with E-state index < -0.39 is 25.9 Å². The fourth-order valence-electron chi connectivity index (χ4n) is 3.63. The highest BCUT2D eigenvalue weighted by atomic mass is 32.2. The fraction of sp³-hybridized carbons (Fsp3) is 0.400. The Morgan fingerprint density at radius 2 is 1.59 bits per heavy atom. The van der Waals surface area contributed by atoms with Gasteiger partial charge in [-0.1, -0.05) is 19.3 Å². The van der Waals surface area contributed by atoms with Gasteiger partial charge in [-0.05, 0) is 67.8 Å². The maximum atomic E-state index is 13.2. The van der Waals surface area contributed by atoms with Crippen LogP contribution in [0.25, 0.3) is 0 Å².